The maximum atomic E-state index is 9.63. The van der Waals surface area contributed by atoms with Crippen molar-refractivity contribution >= 4 is 11.6 Å². The highest BCUT2D eigenvalue weighted by molar-refractivity contribution is 6.33. The van der Waals surface area contributed by atoms with E-state index in [0.29, 0.717) is 10.6 Å². The summed E-state index contributed by atoms with van der Waals surface area (Å²) in [7, 11) is 0. The third-order valence-electron chi connectivity index (χ3n) is 1.99. The van der Waals surface area contributed by atoms with Crippen LogP contribution in [-0.2, 0) is 0 Å². The molecule has 2 aromatic carbocycles. The first-order valence-electron chi connectivity index (χ1n) is 4.23. The molecule has 0 heterocycles. The zero-order valence-corrected chi connectivity index (χ0v) is 8.12. The Morgan fingerprint density at radius 1 is 1.07 bits per heavy atom. The number of rotatable bonds is 1. The van der Waals surface area contributed by atoms with Crippen molar-refractivity contribution in [2.24, 2.45) is 0 Å². The summed E-state index contributed by atoms with van der Waals surface area (Å²) in [5, 5.41) is 10.1. The van der Waals surface area contributed by atoms with Crippen molar-refractivity contribution in [2.45, 2.75) is 0 Å². The highest BCUT2D eigenvalue weighted by Crippen LogP contribution is 2.34. The van der Waals surface area contributed by atoms with Gasteiger partial charge in [-0.25, -0.2) is 0 Å². The second kappa shape index (κ2) is 3.72. The van der Waals surface area contributed by atoms with Crippen molar-refractivity contribution in [1.29, 1.82) is 0 Å². The highest BCUT2D eigenvalue weighted by atomic mass is 35.5. The van der Waals surface area contributed by atoms with Gasteiger partial charge in [-0.15, -0.1) is 0 Å². The minimum Gasteiger partial charge on any atom is -0.507 e. The average molecular weight is 204 g/mol. The molecule has 2 aromatic rings. The second-order valence-corrected chi connectivity index (χ2v) is 3.34. The zero-order chi connectivity index (χ0) is 9.97. The van der Waals surface area contributed by atoms with Crippen LogP contribution in [-0.4, -0.2) is 5.11 Å². The van der Waals surface area contributed by atoms with Crippen LogP contribution in [0.15, 0.2) is 42.5 Å². The van der Waals surface area contributed by atoms with Gasteiger partial charge in [-0.3, -0.25) is 0 Å². The summed E-state index contributed by atoms with van der Waals surface area (Å²) in [5.74, 6) is 0.156. The molecule has 69 valence electrons. The van der Waals surface area contributed by atoms with E-state index in [0.717, 1.165) is 5.56 Å². The Balaban J connectivity index is 2.63. The zero-order valence-electron chi connectivity index (χ0n) is 7.37. The van der Waals surface area contributed by atoms with E-state index in [1.54, 1.807) is 6.07 Å². The van der Waals surface area contributed by atoms with Crippen LogP contribution in [0.3, 0.4) is 0 Å². The van der Waals surface area contributed by atoms with E-state index in [4.69, 9.17) is 11.6 Å². The van der Waals surface area contributed by atoms with Crippen LogP contribution in [0.2, 0.25) is 5.02 Å². The van der Waals surface area contributed by atoms with Crippen LogP contribution in [0.25, 0.3) is 11.1 Å². The van der Waals surface area contributed by atoms with E-state index >= 15 is 0 Å². The maximum absolute atomic E-state index is 9.63. The molecule has 0 atom stereocenters. The van der Waals surface area contributed by atoms with Crippen molar-refractivity contribution < 1.29 is 5.11 Å². The van der Waals surface area contributed by atoms with Crippen LogP contribution < -0.4 is 0 Å². The number of halogens is 1. The minimum absolute atomic E-state index is 0.156. The van der Waals surface area contributed by atoms with Crippen molar-refractivity contribution in [1.82, 2.24) is 0 Å². The second-order valence-electron chi connectivity index (χ2n) is 2.93. The quantitative estimate of drug-likeness (QED) is 0.752. The fourth-order valence-corrected chi connectivity index (χ4v) is 1.62. The molecule has 0 aliphatic heterocycles. The summed E-state index contributed by atoms with van der Waals surface area (Å²) in [4.78, 5) is 0. The van der Waals surface area contributed by atoms with Gasteiger partial charge in [0.1, 0.15) is 5.75 Å². The third kappa shape index (κ3) is 1.59. The number of hydrogen-bond donors (Lipinski definition) is 1. The van der Waals surface area contributed by atoms with E-state index in [-0.39, 0.29) is 5.75 Å². The molecule has 0 aliphatic rings. The Kier molecular flexibility index (Phi) is 2.42. The van der Waals surface area contributed by atoms with Gasteiger partial charge < -0.3 is 5.11 Å². The molecule has 0 aliphatic carbocycles. The molecular weight excluding hydrogens is 196 g/mol. The Morgan fingerprint density at radius 2 is 1.79 bits per heavy atom. The van der Waals surface area contributed by atoms with Gasteiger partial charge in [0.2, 0.25) is 0 Å². The lowest BCUT2D eigenvalue weighted by molar-refractivity contribution is 0.477. The van der Waals surface area contributed by atoms with Crippen LogP contribution in [0.4, 0.5) is 0 Å². The molecule has 0 spiro atoms. The van der Waals surface area contributed by atoms with Gasteiger partial charge in [-0.05, 0) is 23.8 Å². The molecule has 2 rings (SSSR count). The maximum Gasteiger partial charge on any atom is 0.125 e. The van der Waals surface area contributed by atoms with E-state index in [1.807, 2.05) is 30.3 Å². The Morgan fingerprint density at radius 3 is 2.43 bits per heavy atom. The molecule has 0 amide bonds. The summed E-state index contributed by atoms with van der Waals surface area (Å²) >= 11 is 5.97. The molecule has 0 bridgehead atoms. The summed E-state index contributed by atoms with van der Waals surface area (Å²) in [6.45, 7) is 0. The van der Waals surface area contributed by atoms with Crippen LogP contribution in [0.5, 0.6) is 5.75 Å². The first kappa shape index (κ1) is 9.10. The Labute approximate surface area is 87.6 Å². The highest BCUT2D eigenvalue weighted by Gasteiger charge is 2.07. The average Bonchev–Trinajstić information content (AvgIpc) is 2.19. The fourth-order valence-electron chi connectivity index (χ4n) is 1.35. The first-order valence-corrected chi connectivity index (χ1v) is 4.61. The van der Waals surface area contributed by atoms with Gasteiger partial charge in [-0.1, -0.05) is 41.9 Å². The summed E-state index contributed by atoms with van der Waals surface area (Å²) < 4.78 is 0. The van der Waals surface area contributed by atoms with Crippen LogP contribution in [0.1, 0.15) is 0 Å². The van der Waals surface area contributed by atoms with E-state index in [1.165, 1.54) is 6.07 Å². The SMILES string of the molecule is Oc1c[c]cc(Cl)c1-c1ccccc1. The number of benzene rings is 2. The lowest BCUT2D eigenvalue weighted by Gasteiger charge is -2.05. The number of hydrogen-bond acceptors (Lipinski definition) is 1. The molecule has 0 aromatic heterocycles. The number of aromatic hydroxyl groups is 1. The molecule has 0 unspecified atom stereocenters. The van der Waals surface area contributed by atoms with Crippen LogP contribution >= 0.6 is 11.6 Å². The molecule has 1 radical (unpaired) electrons. The van der Waals surface area contributed by atoms with E-state index < -0.39 is 0 Å². The molecule has 14 heavy (non-hydrogen) atoms. The smallest absolute Gasteiger partial charge is 0.125 e. The molecule has 0 saturated carbocycles. The molecule has 1 nitrogen and oxygen atoms in total. The van der Waals surface area contributed by atoms with Gasteiger partial charge >= 0.3 is 0 Å². The van der Waals surface area contributed by atoms with Gasteiger partial charge in [0.05, 0.1) is 5.02 Å². The predicted octanol–water partition coefficient (Wildman–Crippen LogP) is 3.51. The summed E-state index contributed by atoms with van der Waals surface area (Å²) in [6, 6.07) is 15.4. The fraction of sp³-hybridized carbons (Fsp3) is 0. The van der Waals surface area contributed by atoms with Gasteiger partial charge in [0.15, 0.2) is 0 Å². The van der Waals surface area contributed by atoms with Crippen LogP contribution in [0, 0.1) is 6.07 Å². The summed E-state index contributed by atoms with van der Waals surface area (Å²) in [5.41, 5.74) is 1.56. The molecule has 0 saturated heterocycles. The first-order chi connectivity index (χ1) is 6.79. The standard InChI is InChI=1S/C12H8ClO/c13-10-7-4-8-11(14)12(10)9-5-2-1-3-6-9/h1-3,5-8,14H. The predicted molar refractivity (Wildman–Crippen MR) is 57.4 cm³/mol. The van der Waals surface area contributed by atoms with Gasteiger partial charge in [0, 0.05) is 5.56 Å². The van der Waals surface area contributed by atoms with Crippen molar-refractivity contribution in [3.05, 3.63) is 53.6 Å². The lowest BCUT2D eigenvalue weighted by atomic mass is 10.1. The monoisotopic (exact) mass is 203 g/mol. The number of phenols is 1. The Hall–Kier alpha value is -1.47. The minimum atomic E-state index is 0.156. The Bertz CT molecular complexity index is 417. The van der Waals surface area contributed by atoms with Crippen molar-refractivity contribution in [3.63, 3.8) is 0 Å². The lowest BCUT2D eigenvalue weighted by Crippen LogP contribution is -1.80. The van der Waals surface area contributed by atoms with Gasteiger partial charge in [0.25, 0.3) is 0 Å². The largest absolute Gasteiger partial charge is 0.507 e. The number of phenolic OH excluding ortho intramolecular Hbond substituents is 1. The molecule has 2 heteroatoms. The molecule has 0 fully saturated rings. The van der Waals surface area contributed by atoms with Crippen molar-refractivity contribution in [2.75, 3.05) is 0 Å². The van der Waals surface area contributed by atoms with E-state index in [2.05, 4.69) is 6.07 Å². The third-order valence-corrected chi connectivity index (χ3v) is 2.29. The normalized spacial score (nSPS) is 10.1. The van der Waals surface area contributed by atoms with E-state index in [9.17, 15) is 5.11 Å². The summed E-state index contributed by atoms with van der Waals surface area (Å²) in [6.07, 6.45) is 0. The van der Waals surface area contributed by atoms with Crippen molar-refractivity contribution in [3.8, 4) is 16.9 Å². The molecule has 1 N–H and O–H groups in total. The molecular formula is C12H8ClO. The topological polar surface area (TPSA) is 20.2 Å². The van der Waals surface area contributed by atoms with Gasteiger partial charge in [-0.2, -0.15) is 0 Å².